The number of nitrogens with two attached hydrogens (primary N) is 1. The minimum Gasteiger partial charge on any atom is -0.485 e. The molecule has 46 heavy (non-hydrogen) atoms. The number of benzene rings is 4. The number of fused-ring (bicyclic) bond motifs is 1. The molecule has 8 heteroatoms. The number of rotatable bonds is 17. The van der Waals surface area contributed by atoms with Gasteiger partial charge in [0.1, 0.15) is 13.2 Å². The maximum absolute atomic E-state index is 11.2. The summed E-state index contributed by atoms with van der Waals surface area (Å²) in [6.45, 7) is 2.75. The summed E-state index contributed by atoms with van der Waals surface area (Å²) in [5, 5.41) is 3.48. The Morgan fingerprint density at radius 3 is 2.07 bits per heavy atom. The SMILES string of the molecule is NC1CCc2c(ccc(OCc3ccccc3)c2OCc2ccccc2)C1CCCCCCNCCc1ccc(S(=O)(=O)O)cc1. The highest BCUT2D eigenvalue weighted by atomic mass is 32.2. The van der Waals surface area contributed by atoms with Gasteiger partial charge in [0.05, 0.1) is 4.90 Å². The fourth-order valence-electron chi connectivity index (χ4n) is 6.23. The van der Waals surface area contributed by atoms with Gasteiger partial charge in [-0.25, -0.2) is 0 Å². The predicted octanol–water partition coefficient (Wildman–Crippen LogP) is 7.23. The Hall–Kier alpha value is -3.69. The zero-order valence-electron chi connectivity index (χ0n) is 26.4. The fourth-order valence-corrected chi connectivity index (χ4v) is 6.71. The predicted molar refractivity (Wildman–Crippen MR) is 183 cm³/mol. The van der Waals surface area contributed by atoms with E-state index >= 15 is 0 Å². The van der Waals surface area contributed by atoms with Gasteiger partial charge >= 0.3 is 0 Å². The van der Waals surface area contributed by atoms with Gasteiger partial charge in [-0.05, 0) is 91.6 Å². The Balaban J connectivity index is 1.12. The van der Waals surface area contributed by atoms with E-state index in [1.165, 1.54) is 23.3 Å². The molecule has 2 unspecified atom stereocenters. The third-order valence-electron chi connectivity index (χ3n) is 8.80. The molecule has 2 atom stereocenters. The first-order valence-corrected chi connectivity index (χ1v) is 17.8. The van der Waals surface area contributed by atoms with Crippen LogP contribution in [0.4, 0.5) is 0 Å². The molecule has 0 spiro atoms. The van der Waals surface area contributed by atoms with E-state index in [4.69, 9.17) is 19.8 Å². The molecule has 1 aliphatic carbocycles. The fraction of sp³-hybridized carbons (Fsp3) is 0.368. The summed E-state index contributed by atoms with van der Waals surface area (Å²) in [6.07, 6.45) is 8.23. The number of unbranched alkanes of at least 4 members (excludes halogenated alkanes) is 3. The van der Waals surface area contributed by atoms with Gasteiger partial charge in [-0.1, -0.05) is 98.1 Å². The van der Waals surface area contributed by atoms with E-state index in [2.05, 4.69) is 41.7 Å². The van der Waals surface area contributed by atoms with E-state index in [1.807, 2.05) is 36.4 Å². The lowest BCUT2D eigenvalue weighted by molar-refractivity contribution is 0.251. The number of hydrogen-bond acceptors (Lipinski definition) is 6. The molecule has 0 radical (unpaired) electrons. The summed E-state index contributed by atoms with van der Waals surface area (Å²) in [7, 11) is -4.15. The van der Waals surface area contributed by atoms with E-state index in [9.17, 15) is 8.42 Å². The summed E-state index contributed by atoms with van der Waals surface area (Å²) < 4.78 is 44.4. The Labute approximate surface area is 273 Å². The van der Waals surface area contributed by atoms with E-state index in [0.717, 1.165) is 92.6 Å². The molecule has 1 aliphatic rings. The molecule has 0 amide bonds. The molecule has 7 nitrogen and oxygen atoms in total. The Bertz CT molecular complexity index is 1610. The van der Waals surface area contributed by atoms with Crippen LogP contribution >= 0.6 is 0 Å². The largest absolute Gasteiger partial charge is 0.485 e. The lowest BCUT2D eigenvalue weighted by Gasteiger charge is -2.33. The van der Waals surface area contributed by atoms with Crippen molar-refractivity contribution in [2.24, 2.45) is 5.73 Å². The summed E-state index contributed by atoms with van der Waals surface area (Å²) in [4.78, 5) is -0.0729. The van der Waals surface area contributed by atoms with Crippen LogP contribution in [0.1, 0.15) is 72.3 Å². The summed E-state index contributed by atoms with van der Waals surface area (Å²) >= 11 is 0. The van der Waals surface area contributed by atoms with E-state index in [-0.39, 0.29) is 10.9 Å². The molecule has 5 rings (SSSR count). The van der Waals surface area contributed by atoms with Crippen LogP contribution in [-0.2, 0) is 36.2 Å². The van der Waals surface area contributed by atoms with Crippen LogP contribution in [0.2, 0.25) is 0 Å². The van der Waals surface area contributed by atoms with Gasteiger partial charge < -0.3 is 20.5 Å². The van der Waals surface area contributed by atoms with Crippen molar-refractivity contribution in [3.05, 3.63) is 125 Å². The van der Waals surface area contributed by atoms with Crippen molar-refractivity contribution in [1.29, 1.82) is 0 Å². The average Bonchev–Trinajstić information content (AvgIpc) is 3.07. The molecular formula is C38H46N2O5S. The van der Waals surface area contributed by atoms with Gasteiger partial charge in [0.2, 0.25) is 0 Å². The lowest BCUT2D eigenvalue weighted by atomic mass is 9.76. The zero-order chi connectivity index (χ0) is 32.2. The van der Waals surface area contributed by atoms with E-state index in [0.29, 0.717) is 19.1 Å². The monoisotopic (exact) mass is 642 g/mol. The van der Waals surface area contributed by atoms with Crippen molar-refractivity contribution in [2.75, 3.05) is 13.1 Å². The number of nitrogens with one attached hydrogen (secondary N) is 1. The highest BCUT2D eigenvalue weighted by Crippen LogP contribution is 2.44. The number of hydrogen-bond donors (Lipinski definition) is 3. The second-order valence-electron chi connectivity index (χ2n) is 12.1. The Morgan fingerprint density at radius 2 is 1.39 bits per heavy atom. The zero-order valence-corrected chi connectivity index (χ0v) is 27.3. The van der Waals surface area contributed by atoms with Crippen molar-refractivity contribution in [3.8, 4) is 11.5 Å². The summed E-state index contributed by atoms with van der Waals surface area (Å²) in [5.74, 6) is 1.95. The molecule has 244 valence electrons. The van der Waals surface area contributed by atoms with Gasteiger partial charge in [0.25, 0.3) is 10.1 Å². The Morgan fingerprint density at radius 1 is 0.739 bits per heavy atom. The van der Waals surface area contributed by atoms with Gasteiger partial charge in [0.15, 0.2) is 11.5 Å². The van der Waals surface area contributed by atoms with Crippen molar-refractivity contribution in [3.63, 3.8) is 0 Å². The third kappa shape index (κ3) is 9.66. The second kappa shape index (κ2) is 16.7. The van der Waals surface area contributed by atoms with Crippen LogP contribution in [0.5, 0.6) is 11.5 Å². The first kappa shape index (κ1) is 33.7. The molecule has 0 fully saturated rings. The van der Waals surface area contributed by atoms with Crippen molar-refractivity contribution < 1.29 is 22.4 Å². The standard InChI is InChI=1S/C38H46N2O5S/c39-36-22-20-35-33(34(36)15-9-1-2-10-25-40-26-24-29-16-18-32(19-17-29)46(41,42)43)21-23-37(44-27-30-11-5-3-6-12-30)38(35)45-28-31-13-7-4-8-14-31/h3-8,11-14,16-19,21,23,34,36,40H,1-2,9-10,15,20,22,24-28,39H2,(H,41,42,43). The van der Waals surface area contributed by atoms with Crippen LogP contribution in [-0.4, -0.2) is 32.1 Å². The molecule has 4 aromatic carbocycles. The van der Waals surface area contributed by atoms with Gasteiger partial charge in [-0.3, -0.25) is 4.55 Å². The van der Waals surface area contributed by atoms with Crippen LogP contribution in [0.3, 0.4) is 0 Å². The average molecular weight is 643 g/mol. The minimum absolute atomic E-state index is 0.0729. The normalized spacial score (nSPS) is 16.1. The van der Waals surface area contributed by atoms with Crippen molar-refractivity contribution in [1.82, 2.24) is 5.32 Å². The van der Waals surface area contributed by atoms with Crippen molar-refractivity contribution in [2.45, 2.75) is 81.4 Å². The molecular weight excluding hydrogens is 596 g/mol. The van der Waals surface area contributed by atoms with Crippen molar-refractivity contribution >= 4 is 10.1 Å². The van der Waals surface area contributed by atoms with Gasteiger partial charge in [-0.2, -0.15) is 8.42 Å². The van der Waals surface area contributed by atoms with Crippen LogP contribution in [0, 0.1) is 0 Å². The maximum Gasteiger partial charge on any atom is 0.294 e. The van der Waals surface area contributed by atoms with Gasteiger partial charge in [0, 0.05) is 11.6 Å². The third-order valence-corrected chi connectivity index (χ3v) is 9.67. The van der Waals surface area contributed by atoms with Crippen LogP contribution in [0.15, 0.2) is 102 Å². The molecule has 4 N–H and O–H groups in total. The lowest BCUT2D eigenvalue weighted by Crippen LogP contribution is -2.33. The summed E-state index contributed by atoms with van der Waals surface area (Å²) in [5.41, 5.74) is 12.6. The number of ether oxygens (including phenoxy) is 2. The molecule has 0 saturated carbocycles. The molecule has 0 aliphatic heterocycles. The first-order chi connectivity index (χ1) is 22.4. The smallest absolute Gasteiger partial charge is 0.294 e. The topological polar surface area (TPSA) is 111 Å². The Kier molecular flexibility index (Phi) is 12.3. The summed E-state index contributed by atoms with van der Waals surface area (Å²) in [6, 6.07) is 31.3. The van der Waals surface area contributed by atoms with Gasteiger partial charge in [-0.15, -0.1) is 0 Å². The van der Waals surface area contributed by atoms with E-state index in [1.54, 1.807) is 12.1 Å². The quantitative estimate of drug-likeness (QED) is 0.0823. The minimum atomic E-state index is -4.15. The maximum atomic E-state index is 11.2. The highest BCUT2D eigenvalue weighted by molar-refractivity contribution is 7.85. The molecule has 0 heterocycles. The molecule has 0 aromatic heterocycles. The molecule has 0 saturated heterocycles. The van der Waals surface area contributed by atoms with Crippen LogP contribution < -0.4 is 20.5 Å². The first-order valence-electron chi connectivity index (χ1n) is 16.4. The van der Waals surface area contributed by atoms with Crippen LogP contribution in [0.25, 0.3) is 0 Å². The van der Waals surface area contributed by atoms with E-state index < -0.39 is 10.1 Å². The second-order valence-corrected chi connectivity index (χ2v) is 13.6. The highest BCUT2D eigenvalue weighted by Gasteiger charge is 2.30. The molecule has 0 bridgehead atoms. The molecule has 4 aromatic rings.